The van der Waals surface area contributed by atoms with Crippen LogP contribution >= 0.6 is 11.6 Å². The van der Waals surface area contributed by atoms with Crippen LogP contribution in [0.25, 0.3) is 5.70 Å². The molecule has 7 N–H and O–H groups in total. The second-order valence-electron chi connectivity index (χ2n) is 6.54. The second-order valence-corrected chi connectivity index (χ2v) is 6.95. The summed E-state index contributed by atoms with van der Waals surface area (Å²) in [7, 11) is 0. The van der Waals surface area contributed by atoms with E-state index in [2.05, 4.69) is 10.3 Å². The maximum Gasteiger partial charge on any atom is 0.261 e. The molecule has 0 heterocycles. The predicted octanol–water partition coefficient (Wildman–Crippen LogP) is 2.65. The van der Waals surface area contributed by atoms with Crippen LogP contribution in [0, 0.1) is 17.1 Å². The molecule has 0 aliphatic carbocycles. The van der Waals surface area contributed by atoms with Gasteiger partial charge in [-0.15, -0.1) is 0 Å². The van der Waals surface area contributed by atoms with E-state index in [9.17, 15) is 18.0 Å². The molecular weight excluding hydrogens is 445 g/mol. The number of primary amides is 1. The Bertz CT molecular complexity index is 1080. The molecule has 1 amide bonds. The molecule has 0 aromatic heterocycles. The van der Waals surface area contributed by atoms with E-state index in [0.717, 1.165) is 6.07 Å². The number of benzene rings is 2. The van der Waals surface area contributed by atoms with Crippen molar-refractivity contribution in [2.45, 2.75) is 12.5 Å². The van der Waals surface area contributed by atoms with Crippen LogP contribution in [-0.2, 0) is 4.79 Å². The van der Waals surface area contributed by atoms with Gasteiger partial charge in [0.15, 0.2) is 0 Å². The monoisotopic (exact) mass is 464 g/mol. The number of nitrogens with zero attached hydrogens (tertiary/aromatic N) is 2. The molecule has 0 saturated heterocycles. The van der Waals surface area contributed by atoms with Gasteiger partial charge < -0.3 is 22.5 Å². The number of aliphatic imine (C=N–C) groups is 1. The maximum atomic E-state index is 13.5. The molecule has 32 heavy (non-hydrogen) atoms. The largest absolute Gasteiger partial charge is 0.398 e. The number of halogens is 4. The number of rotatable bonds is 9. The Hall–Kier alpha value is -3.55. The fourth-order valence-electron chi connectivity index (χ4n) is 2.70. The number of nitrogens with one attached hydrogen (secondary N) is 1. The molecule has 0 bridgehead atoms. The second kappa shape index (κ2) is 11.2. The van der Waals surface area contributed by atoms with Crippen LogP contribution in [0.2, 0.25) is 5.02 Å². The number of nitrogens with two attached hydrogens (primary N) is 3. The molecule has 1 unspecified atom stereocenters. The summed E-state index contributed by atoms with van der Waals surface area (Å²) in [6, 6.07) is 10.1. The minimum absolute atomic E-state index is 0.151. The van der Waals surface area contributed by atoms with Crippen LogP contribution in [0.1, 0.15) is 11.1 Å². The van der Waals surface area contributed by atoms with E-state index in [1.165, 1.54) is 12.1 Å². The lowest BCUT2D eigenvalue weighted by Gasteiger charge is -2.17. The van der Waals surface area contributed by atoms with E-state index in [4.69, 9.17) is 34.1 Å². The highest BCUT2D eigenvalue weighted by atomic mass is 35.5. The van der Waals surface area contributed by atoms with Crippen molar-refractivity contribution in [3.05, 3.63) is 70.0 Å². The van der Waals surface area contributed by atoms with Gasteiger partial charge in [0, 0.05) is 12.2 Å². The number of alkyl halides is 2. The van der Waals surface area contributed by atoms with E-state index in [-0.39, 0.29) is 34.1 Å². The predicted molar refractivity (Wildman–Crippen MR) is 118 cm³/mol. The molecule has 0 fully saturated rings. The van der Waals surface area contributed by atoms with Crippen LogP contribution in [0.3, 0.4) is 0 Å². The van der Waals surface area contributed by atoms with Gasteiger partial charge in [-0.25, -0.2) is 13.2 Å². The van der Waals surface area contributed by atoms with E-state index in [0.29, 0.717) is 11.3 Å². The van der Waals surface area contributed by atoms with Crippen molar-refractivity contribution in [1.82, 2.24) is 0 Å². The number of carbonyl (C=O) groups is 1. The number of nitriles is 1. The van der Waals surface area contributed by atoms with Gasteiger partial charge in [-0.1, -0.05) is 11.6 Å². The lowest BCUT2D eigenvalue weighted by atomic mass is 10.0. The smallest absolute Gasteiger partial charge is 0.261 e. The standard InChI is InChI=1S/C21H20ClF3N6O/c22-14-7-12(3-6-15(14)23)19(28)18(21(29)32)17(31-16(9-27)20(24)25)10-30-13-4-1-11(8-26)2-5-13/h1-7,16,20,30H,9-10,27-28H2,(H2,29,32). The van der Waals surface area contributed by atoms with Crippen LogP contribution in [-0.4, -0.2) is 37.2 Å². The maximum absolute atomic E-state index is 13.5. The average molecular weight is 465 g/mol. The molecule has 1 atom stereocenters. The van der Waals surface area contributed by atoms with E-state index >= 15 is 0 Å². The van der Waals surface area contributed by atoms with Gasteiger partial charge in [-0.3, -0.25) is 9.79 Å². The molecule has 168 valence electrons. The van der Waals surface area contributed by atoms with Crippen molar-refractivity contribution < 1.29 is 18.0 Å². The van der Waals surface area contributed by atoms with Crippen molar-refractivity contribution in [3.8, 4) is 6.07 Å². The lowest BCUT2D eigenvalue weighted by Crippen LogP contribution is -2.33. The molecule has 0 radical (unpaired) electrons. The van der Waals surface area contributed by atoms with Crippen molar-refractivity contribution in [3.63, 3.8) is 0 Å². The molecule has 2 aromatic rings. The van der Waals surface area contributed by atoms with Gasteiger partial charge in [0.1, 0.15) is 11.9 Å². The summed E-state index contributed by atoms with van der Waals surface area (Å²) in [5, 5.41) is 11.6. The van der Waals surface area contributed by atoms with Crippen LogP contribution in [0.4, 0.5) is 18.9 Å². The molecule has 11 heteroatoms. The topological polar surface area (TPSA) is 143 Å². The number of hydrogen-bond donors (Lipinski definition) is 4. The van der Waals surface area contributed by atoms with E-state index in [1.54, 1.807) is 24.3 Å². The zero-order valence-electron chi connectivity index (χ0n) is 16.7. The molecule has 0 aliphatic rings. The first kappa shape index (κ1) is 24.7. The minimum Gasteiger partial charge on any atom is -0.398 e. The Morgan fingerprint density at radius 1 is 1.19 bits per heavy atom. The Morgan fingerprint density at radius 2 is 1.84 bits per heavy atom. The molecule has 0 spiro atoms. The van der Waals surface area contributed by atoms with Crippen molar-refractivity contribution in [2.24, 2.45) is 22.2 Å². The fourth-order valence-corrected chi connectivity index (χ4v) is 2.88. The van der Waals surface area contributed by atoms with Gasteiger partial charge >= 0.3 is 0 Å². The summed E-state index contributed by atoms with van der Waals surface area (Å²) in [4.78, 5) is 16.2. The normalized spacial score (nSPS) is 13.3. The Kier molecular flexibility index (Phi) is 8.63. The third kappa shape index (κ3) is 6.23. The molecule has 0 saturated carbocycles. The molecule has 0 aliphatic heterocycles. The highest BCUT2D eigenvalue weighted by Crippen LogP contribution is 2.22. The number of carbonyl (C=O) groups excluding carboxylic acids is 1. The van der Waals surface area contributed by atoms with Gasteiger partial charge in [0.2, 0.25) is 0 Å². The summed E-state index contributed by atoms with van der Waals surface area (Å²) in [5.41, 5.74) is 17.3. The molecule has 7 nitrogen and oxygen atoms in total. The van der Waals surface area contributed by atoms with Gasteiger partial charge in [-0.2, -0.15) is 5.26 Å². The van der Waals surface area contributed by atoms with E-state index < -0.39 is 30.7 Å². The lowest BCUT2D eigenvalue weighted by molar-refractivity contribution is -0.114. The van der Waals surface area contributed by atoms with Crippen LogP contribution in [0.5, 0.6) is 0 Å². The highest BCUT2D eigenvalue weighted by molar-refractivity contribution is 6.31. The van der Waals surface area contributed by atoms with Crippen molar-refractivity contribution in [2.75, 3.05) is 18.4 Å². The van der Waals surface area contributed by atoms with Crippen molar-refractivity contribution >= 4 is 34.6 Å². The van der Waals surface area contributed by atoms with Crippen LogP contribution in [0.15, 0.2) is 53.0 Å². The number of amides is 1. The first-order valence-electron chi connectivity index (χ1n) is 9.22. The Morgan fingerprint density at radius 3 is 2.34 bits per heavy atom. The first-order valence-corrected chi connectivity index (χ1v) is 9.60. The zero-order valence-corrected chi connectivity index (χ0v) is 17.4. The summed E-state index contributed by atoms with van der Waals surface area (Å²) in [5.74, 6) is -1.74. The zero-order chi connectivity index (χ0) is 23.8. The molecule has 2 rings (SSSR count). The van der Waals surface area contributed by atoms with Gasteiger partial charge in [-0.05, 0) is 48.0 Å². The van der Waals surface area contributed by atoms with Gasteiger partial charge in [0.25, 0.3) is 12.3 Å². The fraction of sp³-hybridized carbons (Fsp3) is 0.190. The minimum atomic E-state index is -2.90. The summed E-state index contributed by atoms with van der Waals surface area (Å²) >= 11 is 5.79. The van der Waals surface area contributed by atoms with Gasteiger partial charge in [0.05, 0.1) is 40.2 Å². The Labute approximate surface area is 187 Å². The average Bonchev–Trinajstić information content (AvgIpc) is 2.76. The third-order valence-electron chi connectivity index (χ3n) is 4.36. The Balaban J connectivity index is 2.54. The highest BCUT2D eigenvalue weighted by Gasteiger charge is 2.24. The SMILES string of the molecule is N#Cc1ccc(NCC(=NC(CN)C(F)F)C(C(N)=O)=C(N)c2ccc(F)c(Cl)c2)cc1. The first-order chi connectivity index (χ1) is 15.2. The summed E-state index contributed by atoms with van der Waals surface area (Å²) in [6.07, 6.45) is -2.90. The third-order valence-corrected chi connectivity index (χ3v) is 4.65. The quantitative estimate of drug-likeness (QED) is 0.333. The van der Waals surface area contributed by atoms with Crippen molar-refractivity contribution in [1.29, 1.82) is 5.26 Å². The molecule has 2 aromatic carbocycles. The molecular formula is C21H20ClF3N6O. The number of hydrogen-bond acceptors (Lipinski definition) is 6. The van der Waals surface area contributed by atoms with Crippen LogP contribution < -0.4 is 22.5 Å². The van der Waals surface area contributed by atoms with E-state index in [1.807, 2.05) is 6.07 Å². The summed E-state index contributed by atoms with van der Waals surface area (Å²) < 4.78 is 40.2. The summed E-state index contributed by atoms with van der Waals surface area (Å²) in [6.45, 7) is -0.713. The number of anilines is 1.